The number of methoxy groups -OCH3 is 2. The number of halogens is 1. The van der Waals surface area contributed by atoms with Crippen molar-refractivity contribution in [3.63, 3.8) is 0 Å². The summed E-state index contributed by atoms with van der Waals surface area (Å²) in [7, 11) is 3.01. The topological polar surface area (TPSA) is 97.8 Å². The Labute approximate surface area is 174 Å². The normalized spacial score (nSPS) is 13.7. The summed E-state index contributed by atoms with van der Waals surface area (Å²) in [5, 5.41) is 5.89. The fourth-order valence-electron chi connectivity index (χ4n) is 2.91. The molecular formula is C19H24ClN5O4. The molecule has 0 spiro atoms. The summed E-state index contributed by atoms with van der Waals surface area (Å²) in [4.78, 5) is 23.5. The predicted molar refractivity (Wildman–Crippen MR) is 110 cm³/mol. The van der Waals surface area contributed by atoms with Gasteiger partial charge in [0.2, 0.25) is 5.95 Å². The zero-order valence-corrected chi connectivity index (χ0v) is 17.4. The summed E-state index contributed by atoms with van der Waals surface area (Å²) in [6.45, 7) is 4.95. The Morgan fingerprint density at radius 1 is 1.17 bits per heavy atom. The molecule has 1 aromatic carbocycles. The van der Waals surface area contributed by atoms with E-state index in [0.29, 0.717) is 47.1 Å². The number of carbonyl (C=O) groups is 1. The first kappa shape index (κ1) is 20.9. The van der Waals surface area contributed by atoms with E-state index in [1.54, 1.807) is 12.1 Å². The molecule has 1 saturated heterocycles. The standard InChI is InChI=1S/C19H24ClN5O4/c1-12-8-13(23-18(22-12)25-4-6-29-7-5-25)11-21-19(26)24-15-9-14(20)16(27-2)10-17(15)28-3/h8-10H,4-7,11H2,1-3H3,(H2,21,24,26). The molecule has 0 radical (unpaired) electrons. The van der Waals surface area contributed by atoms with Crippen LogP contribution < -0.4 is 25.0 Å². The van der Waals surface area contributed by atoms with Gasteiger partial charge in [0.1, 0.15) is 11.5 Å². The second-order valence-electron chi connectivity index (χ2n) is 6.39. The van der Waals surface area contributed by atoms with Crippen LogP contribution in [0.1, 0.15) is 11.4 Å². The zero-order chi connectivity index (χ0) is 20.8. The van der Waals surface area contributed by atoms with Crippen LogP contribution in [-0.4, -0.2) is 56.5 Å². The highest BCUT2D eigenvalue weighted by molar-refractivity contribution is 6.32. The van der Waals surface area contributed by atoms with Gasteiger partial charge in [0, 0.05) is 24.8 Å². The highest BCUT2D eigenvalue weighted by Crippen LogP contribution is 2.35. The van der Waals surface area contributed by atoms with Crippen LogP contribution in [0, 0.1) is 6.92 Å². The van der Waals surface area contributed by atoms with E-state index >= 15 is 0 Å². The van der Waals surface area contributed by atoms with Crippen molar-refractivity contribution in [3.8, 4) is 11.5 Å². The summed E-state index contributed by atoms with van der Waals surface area (Å²) < 4.78 is 15.8. The molecule has 1 aliphatic rings. The fraction of sp³-hybridized carbons (Fsp3) is 0.421. The lowest BCUT2D eigenvalue weighted by atomic mass is 10.2. The van der Waals surface area contributed by atoms with Gasteiger partial charge in [-0.3, -0.25) is 0 Å². The second kappa shape index (κ2) is 9.62. The van der Waals surface area contributed by atoms with Crippen molar-refractivity contribution in [3.05, 3.63) is 34.6 Å². The number of urea groups is 1. The minimum atomic E-state index is -0.409. The molecule has 2 heterocycles. The molecule has 9 nitrogen and oxygen atoms in total. The van der Waals surface area contributed by atoms with Gasteiger partial charge in [0.05, 0.1) is 50.4 Å². The number of aryl methyl sites for hydroxylation is 1. The molecule has 3 rings (SSSR count). The Hall–Kier alpha value is -2.78. The molecule has 1 aliphatic heterocycles. The molecule has 0 saturated carbocycles. The van der Waals surface area contributed by atoms with Crippen molar-refractivity contribution in [2.24, 2.45) is 0 Å². The van der Waals surface area contributed by atoms with Gasteiger partial charge >= 0.3 is 6.03 Å². The third-order valence-electron chi connectivity index (χ3n) is 4.34. The maximum absolute atomic E-state index is 12.4. The third kappa shape index (κ3) is 5.39. The van der Waals surface area contributed by atoms with Crippen molar-refractivity contribution in [2.45, 2.75) is 13.5 Å². The lowest BCUT2D eigenvalue weighted by Crippen LogP contribution is -2.37. The van der Waals surface area contributed by atoms with Gasteiger partial charge in [0.25, 0.3) is 0 Å². The quantitative estimate of drug-likeness (QED) is 0.739. The summed E-state index contributed by atoms with van der Waals surface area (Å²) in [6, 6.07) is 4.62. The first-order valence-corrected chi connectivity index (χ1v) is 9.51. The van der Waals surface area contributed by atoms with E-state index in [9.17, 15) is 4.79 Å². The van der Waals surface area contributed by atoms with Crippen molar-refractivity contribution < 1.29 is 19.0 Å². The number of carbonyl (C=O) groups excluding carboxylic acids is 1. The van der Waals surface area contributed by atoms with Crippen molar-refractivity contribution in [1.29, 1.82) is 0 Å². The van der Waals surface area contributed by atoms with Crippen molar-refractivity contribution >= 4 is 29.3 Å². The summed E-state index contributed by atoms with van der Waals surface area (Å²) in [5.74, 6) is 1.55. The SMILES string of the molecule is COc1cc(OC)c(NC(=O)NCc2cc(C)nc(N3CCOCC3)n2)cc1Cl. The minimum Gasteiger partial charge on any atom is -0.495 e. The highest BCUT2D eigenvalue weighted by atomic mass is 35.5. The zero-order valence-electron chi connectivity index (χ0n) is 16.6. The average Bonchev–Trinajstić information content (AvgIpc) is 2.73. The van der Waals surface area contributed by atoms with Crippen LogP contribution >= 0.6 is 11.6 Å². The number of hydrogen-bond donors (Lipinski definition) is 2. The van der Waals surface area contributed by atoms with E-state index in [0.717, 1.165) is 18.8 Å². The monoisotopic (exact) mass is 421 g/mol. The van der Waals surface area contributed by atoms with E-state index < -0.39 is 6.03 Å². The number of rotatable bonds is 6. The van der Waals surface area contributed by atoms with Gasteiger partial charge in [-0.25, -0.2) is 14.8 Å². The van der Waals surface area contributed by atoms with Crippen molar-refractivity contribution in [1.82, 2.24) is 15.3 Å². The molecular weight excluding hydrogens is 398 g/mol. The van der Waals surface area contributed by atoms with Gasteiger partial charge in [-0.15, -0.1) is 0 Å². The molecule has 0 bridgehead atoms. The summed E-state index contributed by atoms with van der Waals surface area (Å²) in [5.41, 5.74) is 1.99. The average molecular weight is 422 g/mol. The van der Waals surface area contributed by atoms with E-state index in [-0.39, 0.29) is 6.54 Å². The van der Waals surface area contributed by atoms with Crippen LogP contribution in [0.4, 0.5) is 16.4 Å². The lowest BCUT2D eigenvalue weighted by Gasteiger charge is -2.27. The molecule has 1 fully saturated rings. The van der Waals surface area contributed by atoms with Gasteiger partial charge in [-0.1, -0.05) is 11.6 Å². The third-order valence-corrected chi connectivity index (χ3v) is 4.64. The van der Waals surface area contributed by atoms with E-state index in [2.05, 4.69) is 25.5 Å². The largest absolute Gasteiger partial charge is 0.495 e. The lowest BCUT2D eigenvalue weighted by molar-refractivity contribution is 0.122. The number of benzene rings is 1. The van der Waals surface area contributed by atoms with Gasteiger partial charge < -0.3 is 29.7 Å². The van der Waals surface area contributed by atoms with Gasteiger partial charge in [0.15, 0.2) is 0 Å². The number of nitrogens with zero attached hydrogens (tertiary/aromatic N) is 3. The van der Waals surface area contributed by atoms with Crippen LogP contribution in [0.2, 0.25) is 5.02 Å². The van der Waals surface area contributed by atoms with Crippen LogP contribution in [0.25, 0.3) is 0 Å². The Morgan fingerprint density at radius 3 is 2.59 bits per heavy atom. The predicted octanol–water partition coefficient (Wildman–Crippen LogP) is 2.61. The summed E-state index contributed by atoms with van der Waals surface area (Å²) >= 11 is 6.14. The number of aromatic nitrogens is 2. The molecule has 0 unspecified atom stereocenters. The fourth-order valence-corrected chi connectivity index (χ4v) is 3.15. The molecule has 156 valence electrons. The molecule has 10 heteroatoms. The Kier molecular flexibility index (Phi) is 6.95. The summed E-state index contributed by atoms with van der Waals surface area (Å²) in [6.07, 6.45) is 0. The van der Waals surface area contributed by atoms with Crippen molar-refractivity contribution in [2.75, 3.05) is 50.7 Å². The maximum atomic E-state index is 12.4. The Bertz CT molecular complexity index is 874. The number of hydrogen-bond acceptors (Lipinski definition) is 7. The smallest absolute Gasteiger partial charge is 0.319 e. The van der Waals surface area contributed by atoms with E-state index in [1.807, 2.05) is 13.0 Å². The first-order valence-electron chi connectivity index (χ1n) is 9.13. The number of anilines is 2. The Balaban J connectivity index is 1.65. The van der Waals surface area contributed by atoms with E-state index in [1.165, 1.54) is 14.2 Å². The molecule has 2 aromatic rings. The van der Waals surface area contributed by atoms with Crippen LogP contribution in [0.3, 0.4) is 0 Å². The number of amides is 2. The Morgan fingerprint density at radius 2 is 1.90 bits per heavy atom. The van der Waals surface area contributed by atoms with E-state index in [4.69, 9.17) is 25.8 Å². The maximum Gasteiger partial charge on any atom is 0.319 e. The van der Waals surface area contributed by atoms with Crippen LogP contribution in [0.15, 0.2) is 18.2 Å². The number of morpholine rings is 1. The molecule has 29 heavy (non-hydrogen) atoms. The molecule has 2 amide bonds. The molecule has 1 aromatic heterocycles. The highest BCUT2D eigenvalue weighted by Gasteiger charge is 2.16. The second-order valence-corrected chi connectivity index (χ2v) is 6.80. The molecule has 0 atom stereocenters. The van der Waals surface area contributed by atoms with Gasteiger partial charge in [-0.05, 0) is 19.1 Å². The van der Waals surface area contributed by atoms with Crippen LogP contribution in [-0.2, 0) is 11.3 Å². The minimum absolute atomic E-state index is 0.249. The number of nitrogens with one attached hydrogen (secondary N) is 2. The molecule has 2 N–H and O–H groups in total. The van der Waals surface area contributed by atoms with Gasteiger partial charge in [-0.2, -0.15) is 0 Å². The number of ether oxygens (including phenoxy) is 3. The molecule has 0 aliphatic carbocycles. The first-order chi connectivity index (χ1) is 14.0. The van der Waals surface area contributed by atoms with Crippen LogP contribution in [0.5, 0.6) is 11.5 Å².